The molecular formula is C22H23F2N7O. The minimum absolute atomic E-state index is 0.193. The lowest BCUT2D eigenvalue weighted by Crippen LogP contribution is -2.23. The third-order valence-electron chi connectivity index (χ3n) is 5.02. The molecule has 32 heavy (non-hydrogen) atoms. The van der Waals surface area contributed by atoms with Crippen molar-refractivity contribution in [2.75, 3.05) is 18.0 Å². The van der Waals surface area contributed by atoms with Crippen LogP contribution in [0.15, 0.2) is 55.2 Å². The number of hydrogen-bond donors (Lipinski definition) is 1. The monoisotopic (exact) mass is 439 g/mol. The number of carbonyl (C=O) groups is 1. The summed E-state index contributed by atoms with van der Waals surface area (Å²) in [5, 5.41) is 7.10. The van der Waals surface area contributed by atoms with Crippen molar-refractivity contribution in [2.24, 2.45) is 7.05 Å². The molecule has 5 rings (SSSR count). The number of aromatic nitrogens is 5. The number of benzene rings is 1. The van der Waals surface area contributed by atoms with Crippen molar-refractivity contribution >= 4 is 17.4 Å². The number of amides is 1. The number of nitrogens with one attached hydrogen (secondary N) is 1. The number of imidazole rings is 1. The minimum Gasteiger partial charge on any atom is -0.357 e. The van der Waals surface area contributed by atoms with Crippen molar-refractivity contribution < 1.29 is 13.6 Å². The lowest BCUT2D eigenvalue weighted by atomic mass is 10.3. The molecular weight excluding hydrogens is 416 g/mol. The van der Waals surface area contributed by atoms with Gasteiger partial charge in [-0.2, -0.15) is 5.10 Å². The Hall–Kier alpha value is -3.82. The first-order chi connectivity index (χ1) is 15.5. The molecule has 1 saturated heterocycles. The van der Waals surface area contributed by atoms with E-state index in [2.05, 4.69) is 25.3 Å². The second-order valence-corrected chi connectivity index (χ2v) is 7.46. The summed E-state index contributed by atoms with van der Waals surface area (Å²) < 4.78 is 27.3. The minimum atomic E-state index is -0.411. The maximum absolute atomic E-state index is 12.5. The van der Waals surface area contributed by atoms with Gasteiger partial charge >= 0.3 is 0 Å². The van der Waals surface area contributed by atoms with Gasteiger partial charge in [-0.05, 0) is 43.2 Å². The number of carbonyl (C=O) groups excluding carboxylic acids is 1. The predicted octanol–water partition coefficient (Wildman–Crippen LogP) is 2.96. The Bertz CT molecular complexity index is 1180. The van der Waals surface area contributed by atoms with Crippen LogP contribution in [0.25, 0.3) is 5.65 Å². The van der Waals surface area contributed by atoms with Gasteiger partial charge in [-0.15, -0.1) is 0 Å². The quantitative estimate of drug-likeness (QED) is 0.529. The first-order valence-corrected chi connectivity index (χ1v) is 10.2. The summed E-state index contributed by atoms with van der Waals surface area (Å²) in [4.78, 5) is 23.6. The van der Waals surface area contributed by atoms with E-state index in [4.69, 9.17) is 0 Å². The Kier molecular flexibility index (Phi) is 6.39. The van der Waals surface area contributed by atoms with Crippen molar-refractivity contribution in [3.05, 3.63) is 78.1 Å². The zero-order chi connectivity index (χ0) is 22.5. The zero-order valence-electron chi connectivity index (χ0n) is 17.6. The summed E-state index contributed by atoms with van der Waals surface area (Å²) in [5.41, 5.74) is 1.87. The molecule has 4 aromatic rings. The largest absolute Gasteiger partial charge is 0.357 e. The molecule has 166 valence electrons. The number of fused-ring (bicyclic) bond motifs is 1. The highest BCUT2D eigenvalue weighted by molar-refractivity contribution is 5.99. The van der Waals surface area contributed by atoms with E-state index in [1.54, 1.807) is 17.0 Å². The van der Waals surface area contributed by atoms with E-state index in [-0.39, 0.29) is 5.91 Å². The highest BCUT2D eigenvalue weighted by atomic mass is 19.1. The molecule has 0 bridgehead atoms. The maximum atomic E-state index is 12.5. The molecule has 0 unspecified atom stereocenters. The number of hydrogen-bond acceptors (Lipinski definition) is 5. The molecule has 1 N–H and O–H groups in total. The Labute approximate surface area is 183 Å². The first kappa shape index (κ1) is 21.4. The van der Waals surface area contributed by atoms with Gasteiger partial charge < -0.3 is 14.8 Å². The Balaban J connectivity index is 0.000000260. The van der Waals surface area contributed by atoms with Gasteiger partial charge in [-0.1, -0.05) is 0 Å². The fourth-order valence-electron chi connectivity index (χ4n) is 3.40. The van der Waals surface area contributed by atoms with E-state index in [0.717, 1.165) is 48.9 Å². The molecule has 1 fully saturated rings. The van der Waals surface area contributed by atoms with Crippen LogP contribution < -0.4 is 10.2 Å². The number of rotatable bonds is 4. The van der Waals surface area contributed by atoms with Crippen LogP contribution in [-0.2, 0) is 13.6 Å². The van der Waals surface area contributed by atoms with Gasteiger partial charge in [0.25, 0.3) is 5.91 Å². The fraction of sp³-hybridized carbons (Fsp3) is 0.273. The molecule has 0 radical (unpaired) electrons. The summed E-state index contributed by atoms with van der Waals surface area (Å²) >= 11 is 0. The van der Waals surface area contributed by atoms with Gasteiger partial charge in [-0.25, -0.2) is 23.3 Å². The summed E-state index contributed by atoms with van der Waals surface area (Å²) in [6.45, 7) is 2.40. The lowest BCUT2D eigenvalue weighted by Gasteiger charge is -2.16. The van der Waals surface area contributed by atoms with Crippen molar-refractivity contribution in [1.82, 2.24) is 29.5 Å². The fourth-order valence-corrected chi connectivity index (χ4v) is 3.40. The lowest BCUT2D eigenvalue weighted by molar-refractivity contribution is 0.0952. The average molecular weight is 439 g/mol. The normalized spacial score (nSPS) is 13.2. The van der Waals surface area contributed by atoms with Crippen LogP contribution >= 0.6 is 0 Å². The van der Waals surface area contributed by atoms with E-state index in [1.165, 1.54) is 12.8 Å². The third-order valence-corrected chi connectivity index (χ3v) is 5.02. The summed E-state index contributed by atoms with van der Waals surface area (Å²) in [6.07, 6.45) is 9.36. The van der Waals surface area contributed by atoms with Gasteiger partial charge in [0.2, 0.25) is 0 Å². The van der Waals surface area contributed by atoms with E-state index in [0.29, 0.717) is 17.8 Å². The second kappa shape index (κ2) is 9.54. The molecule has 0 aliphatic carbocycles. The molecule has 0 saturated carbocycles. The van der Waals surface area contributed by atoms with E-state index >= 15 is 0 Å². The molecule has 0 spiro atoms. The van der Waals surface area contributed by atoms with E-state index in [9.17, 15) is 13.6 Å². The first-order valence-electron chi connectivity index (χ1n) is 10.2. The molecule has 1 aromatic carbocycles. The van der Waals surface area contributed by atoms with Crippen LogP contribution in [0.2, 0.25) is 0 Å². The van der Waals surface area contributed by atoms with Crippen molar-refractivity contribution in [2.45, 2.75) is 19.4 Å². The molecule has 3 aromatic heterocycles. The molecule has 4 heterocycles. The molecule has 1 aliphatic rings. The Morgan fingerprint density at radius 2 is 1.78 bits per heavy atom. The number of nitrogens with zero attached hydrogens (tertiary/aromatic N) is 6. The molecule has 1 aliphatic heterocycles. The Morgan fingerprint density at radius 3 is 2.41 bits per heavy atom. The highest BCUT2D eigenvalue weighted by Gasteiger charge is 2.18. The Morgan fingerprint density at radius 1 is 1.09 bits per heavy atom. The predicted molar refractivity (Wildman–Crippen MR) is 115 cm³/mol. The standard InChI is InChI=1S/C16H19N7O.C6H4F2/c1-21-10-12(18-11-21)8-17-16(24)13-9-19-23-7-4-14(20-15(13)23)22-5-2-3-6-22;7-5-1-2-6(8)4-3-5/h4,7,9-11H,2-3,5-6,8H2,1H3,(H,17,24);1-4H. The van der Waals surface area contributed by atoms with Crippen LogP contribution in [0.4, 0.5) is 14.6 Å². The van der Waals surface area contributed by atoms with E-state index in [1.807, 2.05) is 30.1 Å². The van der Waals surface area contributed by atoms with Gasteiger partial charge in [0, 0.05) is 32.5 Å². The molecule has 10 heteroatoms. The molecule has 1 amide bonds. The molecule has 0 atom stereocenters. The second-order valence-electron chi connectivity index (χ2n) is 7.46. The summed E-state index contributed by atoms with van der Waals surface area (Å²) in [5.74, 6) is -0.112. The number of halogens is 2. The SMILES string of the molecule is Cn1cnc(CNC(=O)c2cnn3ccc(N4CCCC4)nc23)c1.Fc1ccc(F)cc1. The third kappa shape index (κ3) is 5.08. The molecule has 8 nitrogen and oxygen atoms in total. The van der Waals surface area contributed by atoms with Gasteiger partial charge in [0.15, 0.2) is 5.65 Å². The zero-order valence-corrected chi connectivity index (χ0v) is 17.6. The summed E-state index contributed by atoms with van der Waals surface area (Å²) in [7, 11) is 1.90. The van der Waals surface area contributed by atoms with Crippen molar-refractivity contribution in [3.63, 3.8) is 0 Å². The van der Waals surface area contributed by atoms with Crippen LogP contribution in [0.5, 0.6) is 0 Å². The smallest absolute Gasteiger partial charge is 0.257 e. The van der Waals surface area contributed by atoms with Crippen molar-refractivity contribution in [1.29, 1.82) is 0 Å². The summed E-state index contributed by atoms with van der Waals surface area (Å²) in [6, 6.07) is 6.26. The van der Waals surface area contributed by atoms with Gasteiger partial charge in [0.1, 0.15) is 23.0 Å². The van der Waals surface area contributed by atoms with Crippen molar-refractivity contribution in [3.8, 4) is 0 Å². The maximum Gasteiger partial charge on any atom is 0.257 e. The number of anilines is 1. The number of aryl methyl sites for hydroxylation is 1. The van der Waals surface area contributed by atoms with Crippen LogP contribution in [0, 0.1) is 11.6 Å². The van der Waals surface area contributed by atoms with E-state index < -0.39 is 11.6 Å². The highest BCUT2D eigenvalue weighted by Crippen LogP contribution is 2.19. The van der Waals surface area contributed by atoms with Crippen LogP contribution in [0.1, 0.15) is 28.9 Å². The topological polar surface area (TPSA) is 80.3 Å². The van der Waals surface area contributed by atoms with Crippen LogP contribution in [0.3, 0.4) is 0 Å². The van der Waals surface area contributed by atoms with Crippen LogP contribution in [-0.4, -0.2) is 43.1 Å². The average Bonchev–Trinajstić information content (AvgIpc) is 3.55. The van der Waals surface area contributed by atoms with Gasteiger partial charge in [0.05, 0.1) is 24.8 Å². The van der Waals surface area contributed by atoms with Gasteiger partial charge in [-0.3, -0.25) is 4.79 Å².